The first-order valence-electron chi connectivity index (χ1n) is 8.90. The summed E-state index contributed by atoms with van der Waals surface area (Å²) in [6.07, 6.45) is 2.64. The van der Waals surface area contributed by atoms with Crippen LogP contribution >= 0.6 is 0 Å². The van der Waals surface area contributed by atoms with Gasteiger partial charge in [-0.15, -0.1) is 6.58 Å². The lowest BCUT2D eigenvalue weighted by atomic mass is 10.2. The van der Waals surface area contributed by atoms with Gasteiger partial charge in [-0.25, -0.2) is 8.42 Å². The summed E-state index contributed by atoms with van der Waals surface area (Å²) >= 11 is 0. The van der Waals surface area contributed by atoms with Crippen LogP contribution in [0.25, 0.3) is 0 Å². The van der Waals surface area contributed by atoms with Crippen molar-refractivity contribution >= 4 is 21.6 Å². The number of para-hydroxylation sites is 1. The monoisotopic (exact) mass is 402 g/mol. The first-order chi connectivity index (χ1) is 13.2. The number of nitrogens with one attached hydrogen (secondary N) is 1. The van der Waals surface area contributed by atoms with Gasteiger partial charge in [0.1, 0.15) is 12.4 Å². The second-order valence-electron chi connectivity index (χ2n) is 6.58. The van der Waals surface area contributed by atoms with Crippen LogP contribution in [-0.2, 0) is 10.0 Å². The predicted molar refractivity (Wildman–Crippen MR) is 112 cm³/mol. The van der Waals surface area contributed by atoms with E-state index in [1.54, 1.807) is 24.3 Å². The van der Waals surface area contributed by atoms with Gasteiger partial charge in [0.2, 0.25) is 10.0 Å². The number of rotatable bonds is 9. The van der Waals surface area contributed by atoms with E-state index >= 15 is 0 Å². The fourth-order valence-electron chi connectivity index (χ4n) is 2.61. The summed E-state index contributed by atoms with van der Waals surface area (Å²) < 4.78 is 30.7. The summed E-state index contributed by atoms with van der Waals surface area (Å²) in [5.74, 6) is 0.540. The lowest BCUT2D eigenvalue weighted by molar-refractivity contribution is 0.0926. The van der Waals surface area contributed by atoms with Crippen LogP contribution in [0.3, 0.4) is 0 Å². The lowest BCUT2D eigenvalue weighted by Gasteiger charge is -2.21. The highest BCUT2D eigenvalue weighted by Crippen LogP contribution is 2.19. The van der Waals surface area contributed by atoms with E-state index in [4.69, 9.17) is 4.74 Å². The average molecular weight is 403 g/mol. The van der Waals surface area contributed by atoms with E-state index in [0.717, 1.165) is 17.6 Å². The molecular weight excluding hydrogens is 376 g/mol. The maximum Gasteiger partial charge on any atom is 0.251 e. The molecule has 2 aromatic carbocycles. The van der Waals surface area contributed by atoms with Gasteiger partial charge in [0.15, 0.2) is 0 Å². The number of hydrogen-bond donors (Lipinski definition) is 1. The Morgan fingerprint density at radius 2 is 1.86 bits per heavy atom. The van der Waals surface area contributed by atoms with Crippen molar-refractivity contribution in [1.82, 2.24) is 5.32 Å². The quantitative estimate of drug-likeness (QED) is 0.654. The van der Waals surface area contributed by atoms with E-state index < -0.39 is 10.0 Å². The second kappa shape index (κ2) is 9.41. The van der Waals surface area contributed by atoms with Gasteiger partial charge in [-0.2, -0.15) is 0 Å². The SMILES string of the molecule is C=CCN(c1ccc(C(=O)N[C@@H](C)COc2ccccc2C)cc1)S(C)(=O)=O. The summed E-state index contributed by atoms with van der Waals surface area (Å²) in [5.41, 5.74) is 1.96. The molecule has 1 amide bonds. The molecule has 0 spiro atoms. The molecule has 0 aromatic heterocycles. The van der Waals surface area contributed by atoms with Crippen molar-refractivity contribution in [1.29, 1.82) is 0 Å². The number of amides is 1. The number of benzene rings is 2. The third-order valence-corrected chi connectivity index (χ3v) is 5.23. The maximum atomic E-state index is 12.4. The van der Waals surface area contributed by atoms with E-state index in [1.807, 2.05) is 38.1 Å². The molecule has 0 fully saturated rings. The van der Waals surface area contributed by atoms with Crippen LogP contribution in [0, 0.1) is 6.92 Å². The largest absolute Gasteiger partial charge is 0.491 e. The molecule has 0 bridgehead atoms. The van der Waals surface area contributed by atoms with Gasteiger partial charge in [-0.1, -0.05) is 24.3 Å². The fraction of sp³-hybridized carbons (Fsp3) is 0.286. The van der Waals surface area contributed by atoms with Crippen LogP contribution in [0.15, 0.2) is 61.2 Å². The minimum absolute atomic E-state index is 0.164. The first-order valence-corrected chi connectivity index (χ1v) is 10.7. The molecule has 0 unspecified atom stereocenters. The van der Waals surface area contributed by atoms with Gasteiger partial charge < -0.3 is 10.1 Å². The van der Waals surface area contributed by atoms with Gasteiger partial charge in [0, 0.05) is 5.56 Å². The molecule has 2 rings (SSSR count). The summed E-state index contributed by atoms with van der Waals surface area (Å²) in [6, 6.07) is 13.9. The molecule has 2 aromatic rings. The number of aryl methyl sites for hydroxylation is 1. The number of ether oxygens (including phenoxy) is 1. The highest BCUT2D eigenvalue weighted by atomic mass is 32.2. The first kappa shape index (κ1) is 21.5. The van der Waals surface area contributed by atoms with E-state index in [0.29, 0.717) is 17.9 Å². The molecule has 150 valence electrons. The van der Waals surface area contributed by atoms with Crippen LogP contribution in [0.2, 0.25) is 0 Å². The van der Waals surface area contributed by atoms with Crippen molar-refractivity contribution in [2.75, 3.05) is 23.7 Å². The van der Waals surface area contributed by atoms with E-state index in [2.05, 4.69) is 11.9 Å². The molecule has 0 saturated heterocycles. The summed E-state index contributed by atoms with van der Waals surface area (Å²) in [7, 11) is -3.42. The van der Waals surface area contributed by atoms with Crippen molar-refractivity contribution in [2.24, 2.45) is 0 Å². The molecule has 0 aliphatic heterocycles. The van der Waals surface area contributed by atoms with Crippen LogP contribution in [0.4, 0.5) is 5.69 Å². The standard InChI is InChI=1S/C21H26N2O4S/c1-5-14-23(28(4,25)26)19-12-10-18(11-13-19)21(24)22-17(3)15-27-20-9-7-6-8-16(20)2/h5-13,17H,1,14-15H2,2-4H3,(H,22,24)/t17-/m0/s1. The number of anilines is 1. The highest BCUT2D eigenvalue weighted by Gasteiger charge is 2.17. The van der Waals surface area contributed by atoms with E-state index in [9.17, 15) is 13.2 Å². The predicted octanol–water partition coefficient (Wildman–Crippen LogP) is 3.14. The number of sulfonamides is 1. The Bertz CT molecular complexity index is 924. The lowest BCUT2D eigenvalue weighted by Crippen LogP contribution is -2.36. The normalized spacial score (nSPS) is 12.1. The van der Waals surface area contributed by atoms with Gasteiger partial charge >= 0.3 is 0 Å². The highest BCUT2D eigenvalue weighted by molar-refractivity contribution is 7.92. The Morgan fingerprint density at radius 3 is 2.43 bits per heavy atom. The molecule has 0 radical (unpaired) electrons. The summed E-state index contributed by atoms with van der Waals surface area (Å²) in [6.45, 7) is 7.91. The molecule has 6 nitrogen and oxygen atoms in total. The van der Waals surface area contributed by atoms with Gasteiger partial charge in [0.05, 0.1) is 24.5 Å². The van der Waals surface area contributed by atoms with Crippen LogP contribution in [0.1, 0.15) is 22.8 Å². The number of carbonyl (C=O) groups excluding carboxylic acids is 1. The van der Waals surface area contributed by atoms with Crippen LogP contribution < -0.4 is 14.4 Å². The van der Waals surface area contributed by atoms with Crippen molar-refractivity contribution in [3.05, 3.63) is 72.3 Å². The molecule has 0 aliphatic rings. The zero-order valence-corrected chi connectivity index (χ0v) is 17.2. The topological polar surface area (TPSA) is 75.7 Å². The third-order valence-electron chi connectivity index (χ3n) is 4.07. The summed E-state index contributed by atoms with van der Waals surface area (Å²) in [5, 5.41) is 2.88. The molecular formula is C21H26N2O4S. The van der Waals surface area contributed by atoms with Gasteiger partial charge in [-0.3, -0.25) is 9.10 Å². The molecule has 0 aliphatic carbocycles. The molecule has 7 heteroatoms. The molecule has 1 N–H and O–H groups in total. The number of carbonyl (C=O) groups is 1. The minimum atomic E-state index is -3.42. The Balaban J connectivity index is 1.98. The minimum Gasteiger partial charge on any atom is -0.491 e. The Morgan fingerprint density at radius 1 is 1.21 bits per heavy atom. The van der Waals surface area contributed by atoms with Gasteiger partial charge in [-0.05, 0) is 49.7 Å². The smallest absolute Gasteiger partial charge is 0.251 e. The summed E-state index contributed by atoms with van der Waals surface area (Å²) in [4.78, 5) is 12.4. The fourth-order valence-corrected chi connectivity index (χ4v) is 3.49. The van der Waals surface area contributed by atoms with Crippen molar-refractivity contribution in [2.45, 2.75) is 19.9 Å². The molecule has 28 heavy (non-hydrogen) atoms. The van der Waals surface area contributed by atoms with Gasteiger partial charge in [0.25, 0.3) is 5.91 Å². The zero-order chi connectivity index (χ0) is 20.7. The molecule has 1 atom stereocenters. The zero-order valence-electron chi connectivity index (χ0n) is 16.4. The van der Waals surface area contributed by atoms with Crippen molar-refractivity contribution in [3.63, 3.8) is 0 Å². The molecule has 0 saturated carbocycles. The van der Waals surface area contributed by atoms with E-state index in [1.165, 1.54) is 10.4 Å². The van der Waals surface area contributed by atoms with Crippen LogP contribution in [-0.4, -0.2) is 39.8 Å². The van der Waals surface area contributed by atoms with Crippen molar-refractivity contribution in [3.8, 4) is 5.75 Å². The molecule has 0 heterocycles. The Kier molecular flexibility index (Phi) is 7.23. The Hall–Kier alpha value is -2.80. The number of hydrogen-bond acceptors (Lipinski definition) is 4. The second-order valence-corrected chi connectivity index (χ2v) is 8.49. The average Bonchev–Trinajstić information content (AvgIpc) is 2.64. The van der Waals surface area contributed by atoms with E-state index in [-0.39, 0.29) is 18.5 Å². The van der Waals surface area contributed by atoms with Crippen LogP contribution in [0.5, 0.6) is 5.75 Å². The third kappa shape index (κ3) is 5.85. The van der Waals surface area contributed by atoms with Crippen molar-refractivity contribution < 1.29 is 17.9 Å². The number of nitrogens with zero attached hydrogens (tertiary/aromatic N) is 1. The Labute approximate surface area is 166 Å². The maximum absolute atomic E-state index is 12.4.